The number of rotatable bonds is 5. The van der Waals surface area contributed by atoms with Crippen LogP contribution in [-0.4, -0.2) is 50.6 Å². The fourth-order valence-corrected chi connectivity index (χ4v) is 4.14. The SMILES string of the molecule is CC1CN(Cc2csc(NC(=O)c3ccc(-n4ccnc4)cc3)n2)CC(C)O1. The van der Waals surface area contributed by atoms with Crippen molar-refractivity contribution < 1.29 is 9.53 Å². The zero-order valence-corrected chi connectivity index (χ0v) is 16.7. The van der Waals surface area contributed by atoms with Gasteiger partial charge in [0.1, 0.15) is 0 Å². The molecule has 0 spiro atoms. The van der Waals surface area contributed by atoms with E-state index in [-0.39, 0.29) is 18.1 Å². The quantitative estimate of drug-likeness (QED) is 0.716. The number of amides is 1. The van der Waals surface area contributed by atoms with Gasteiger partial charge in [0.2, 0.25) is 0 Å². The van der Waals surface area contributed by atoms with Crippen LogP contribution in [0.4, 0.5) is 5.13 Å². The maximum absolute atomic E-state index is 12.5. The van der Waals surface area contributed by atoms with Crippen molar-refractivity contribution in [2.75, 3.05) is 18.4 Å². The van der Waals surface area contributed by atoms with Crippen LogP contribution in [0.3, 0.4) is 0 Å². The zero-order valence-electron chi connectivity index (χ0n) is 15.9. The summed E-state index contributed by atoms with van der Waals surface area (Å²) in [6, 6.07) is 7.39. The number of nitrogens with zero attached hydrogens (tertiary/aromatic N) is 4. The minimum absolute atomic E-state index is 0.160. The molecule has 2 unspecified atom stereocenters. The van der Waals surface area contributed by atoms with Gasteiger partial charge in [0.15, 0.2) is 5.13 Å². The molecular weight excluding hydrogens is 374 g/mol. The fourth-order valence-electron chi connectivity index (χ4n) is 3.45. The number of aromatic nitrogens is 3. The molecule has 2 atom stereocenters. The van der Waals surface area contributed by atoms with Crippen molar-refractivity contribution in [3.05, 3.63) is 59.6 Å². The Morgan fingerprint density at radius 1 is 1.25 bits per heavy atom. The Labute approximate surface area is 168 Å². The molecule has 28 heavy (non-hydrogen) atoms. The number of imidazole rings is 1. The summed E-state index contributed by atoms with van der Waals surface area (Å²) >= 11 is 1.45. The minimum atomic E-state index is -0.160. The van der Waals surface area contributed by atoms with Gasteiger partial charge in [0.25, 0.3) is 5.91 Å². The maximum atomic E-state index is 12.5. The van der Waals surface area contributed by atoms with Gasteiger partial charge in [-0.05, 0) is 38.1 Å². The number of carbonyl (C=O) groups is 1. The molecule has 1 N–H and O–H groups in total. The molecule has 1 aromatic carbocycles. The molecular formula is C20H23N5O2S. The lowest BCUT2D eigenvalue weighted by molar-refractivity contribution is -0.0707. The normalized spacial score (nSPS) is 20.2. The first-order valence-electron chi connectivity index (χ1n) is 9.29. The van der Waals surface area contributed by atoms with Crippen LogP contribution in [0.1, 0.15) is 29.9 Å². The van der Waals surface area contributed by atoms with Crippen molar-refractivity contribution in [2.45, 2.75) is 32.6 Å². The highest BCUT2D eigenvalue weighted by molar-refractivity contribution is 7.13. The lowest BCUT2D eigenvalue weighted by atomic mass is 10.2. The molecule has 0 aliphatic carbocycles. The number of carbonyl (C=O) groups excluding carboxylic acids is 1. The van der Waals surface area contributed by atoms with Gasteiger partial charge in [-0.2, -0.15) is 0 Å². The molecule has 0 radical (unpaired) electrons. The zero-order chi connectivity index (χ0) is 19.5. The minimum Gasteiger partial charge on any atom is -0.373 e. The predicted molar refractivity (Wildman–Crippen MR) is 109 cm³/mol. The van der Waals surface area contributed by atoms with Crippen LogP contribution in [0.2, 0.25) is 0 Å². The lowest BCUT2D eigenvalue weighted by Gasteiger charge is -2.34. The van der Waals surface area contributed by atoms with E-state index < -0.39 is 0 Å². The average molecular weight is 398 g/mol. The number of anilines is 1. The van der Waals surface area contributed by atoms with E-state index in [1.807, 2.05) is 28.3 Å². The summed E-state index contributed by atoms with van der Waals surface area (Å²) in [4.78, 5) is 23.4. The summed E-state index contributed by atoms with van der Waals surface area (Å²) in [6.07, 6.45) is 5.77. The Hall–Kier alpha value is -2.55. The highest BCUT2D eigenvalue weighted by atomic mass is 32.1. The van der Waals surface area contributed by atoms with Crippen molar-refractivity contribution in [2.24, 2.45) is 0 Å². The third kappa shape index (κ3) is 4.46. The molecule has 4 rings (SSSR count). The highest BCUT2D eigenvalue weighted by Crippen LogP contribution is 2.20. The van der Waals surface area contributed by atoms with Gasteiger partial charge >= 0.3 is 0 Å². The van der Waals surface area contributed by atoms with Gasteiger partial charge < -0.3 is 9.30 Å². The molecule has 146 valence electrons. The molecule has 3 heterocycles. The van der Waals surface area contributed by atoms with Gasteiger partial charge in [-0.1, -0.05) is 0 Å². The maximum Gasteiger partial charge on any atom is 0.257 e. The van der Waals surface area contributed by atoms with Crippen LogP contribution in [-0.2, 0) is 11.3 Å². The van der Waals surface area contributed by atoms with E-state index in [9.17, 15) is 4.79 Å². The fraction of sp³-hybridized carbons (Fsp3) is 0.350. The molecule has 1 amide bonds. The van der Waals surface area contributed by atoms with E-state index in [0.29, 0.717) is 10.7 Å². The van der Waals surface area contributed by atoms with Crippen LogP contribution < -0.4 is 5.32 Å². The molecule has 0 saturated carbocycles. The second-order valence-corrected chi connectivity index (χ2v) is 7.92. The first-order chi connectivity index (χ1) is 13.6. The Kier molecular flexibility index (Phi) is 5.52. The third-order valence-electron chi connectivity index (χ3n) is 4.59. The van der Waals surface area contributed by atoms with Crippen molar-refractivity contribution in [1.29, 1.82) is 0 Å². The van der Waals surface area contributed by atoms with E-state index in [2.05, 4.69) is 34.0 Å². The molecule has 1 aliphatic rings. The van der Waals surface area contributed by atoms with Crippen LogP contribution >= 0.6 is 11.3 Å². The molecule has 0 bridgehead atoms. The van der Waals surface area contributed by atoms with Crippen LogP contribution in [0, 0.1) is 0 Å². The van der Waals surface area contributed by atoms with Crippen LogP contribution in [0.15, 0.2) is 48.4 Å². The Morgan fingerprint density at radius 2 is 2.00 bits per heavy atom. The Balaban J connectivity index is 1.36. The van der Waals surface area contributed by atoms with Crippen molar-refractivity contribution >= 4 is 22.4 Å². The van der Waals surface area contributed by atoms with Gasteiger partial charge in [-0.25, -0.2) is 9.97 Å². The topological polar surface area (TPSA) is 72.3 Å². The first kappa shape index (κ1) is 18.8. The Morgan fingerprint density at radius 3 is 2.68 bits per heavy atom. The standard InChI is InChI=1S/C20H23N5O2S/c1-14-9-24(10-15(2)27-14)11-17-12-28-20(22-17)23-19(26)16-3-5-18(6-4-16)25-8-7-21-13-25/h3-8,12-15H,9-11H2,1-2H3,(H,22,23,26). The second-order valence-electron chi connectivity index (χ2n) is 7.07. The molecule has 1 fully saturated rings. The highest BCUT2D eigenvalue weighted by Gasteiger charge is 2.22. The van der Waals surface area contributed by atoms with Crippen LogP contribution in [0.5, 0.6) is 0 Å². The third-order valence-corrected chi connectivity index (χ3v) is 5.39. The monoisotopic (exact) mass is 397 g/mol. The van der Waals surface area contributed by atoms with Crippen molar-refractivity contribution in [3.8, 4) is 5.69 Å². The summed E-state index contributed by atoms with van der Waals surface area (Å²) in [5, 5.41) is 5.51. The number of thiazole rings is 1. The second kappa shape index (κ2) is 8.22. The lowest BCUT2D eigenvalue weighted by Crippen LogP contribution is -2.44. The molecule has 1 saturated heterocycles. The molecule has 7 nitrogen and oxygen atoms in total. The number of morpholine rings is 1. The number of nitrogens with one attached hydrogen (secondary N) is 1. The average Bonchev–Trinajstić information content (AvgIpc) is 3.33. The van der Waals surface area contributed by atoms with E-state index in [4.69, 9.17) is 4.74 Å². The van der Waals surface area contributed by atoms with Crippen molar-refractivity contribution in [3.63, 3.8) is 0 Å². The number of ether oxygens (including phenoxy) is 1. The number of hydrogen-bond donors (Lipinski definition) is 1. The molecule has 1 aliphatic heterocycles. The van der Waals surface area contributed by atoms with E-state index in [0.717, 1.165) is 31.0 Å². The van der Waals surface area contributed by atoms with Gasteiger partial charge in [0, 0.05) is 48.7 Å². The summed E-state index contributed by atoms with van der Waals surface area (Å²) in [5.74, 6) is -0.160. The van der Waals surface area contributed by atoms with E-state index in [1.165, 1.54) is 11.3 Å². The number of hydrogen-bond acceptors (Lipinski definition) is 6. The summed E-state index contributed by atoms with van der Waals surface area (Å²) in [6.45, 7) is 6.74. The first-order valence-corrected chi connectivity index (χ1v) is 10.2. The van der Waals surface area contributed by atoms with Gasteiger partial charge in [0.05, 0.1) is 24.2 Å². The van der Waals surface area contributed by atoms with E-state index in [1.54, 1.807) is 24.7 Å². The predicted octanol–water partition coefficient (Wildman–Crippen LogP) is 3.19. The van der Waals surface area contributed by atoms with Crippen molar-refractivity contribution in [1.82, 2.24) is 19.4 Å². The van der Waals surface area contributed by atoms with Gasteiger partial charge in [-0.3, -0.25) is 15.0 Å². The summed E-state index contributed by atoms with van der Waals surface area (Å²) < 4.78 is 7.66. The largest absolute Gasteiger partial charge is 0.373 e. The Bertz CT molecular complexity index is 912. The molecule has 8 heteroatoms. The smallest absolute Gasteiger partial charge is 0.257 e. The summed E-state index contributed by atoms with van der Waals surface area (Å²) in [7, 11) is 0. The summed E-state index contributed by atoms with van der Waals surface area (Å²) in [5.41, 5.74) is 2.52. The number of benzene rings is 1. The molecule has 2 aromatic heterocycles. The molecule has 3 aromatic rings. The van der Waals surface area contributed by atoms with Gasteiger partial charge in [-0.15, -0.1) is 11.3 Å². The van der Waals surface area contributed by atoms with E-state index >= 15 is 0 Å². The van der Waals surface area contributed by atoms with Crippen LogP contribution in [0.25, 0.3) is 5.69 Å².